The molecule has 3 aliphatic rings. The number of methoxy groups -OCH3 is 1. The van der Waals surface area contributed by atoms with Gasteiger partial charge >= 0.3 is 0 Å². The van der Waals surface area contributed by atoms with E-state index in [4.69, 9.17) is 9.47 Å². The van der Waals surface area contributed by atoms with Gasteiger partial charge in [0.15, 0.2) is 0 Å². The van der Waals surface area contributed by atoms with E-state index in [1.165, 1.54) is 53.6 Å². The number of nitrogens with zero attached hydrogens (tertiary/aromatic N) is 5. The monoisotopic (exact) mass is 560 g/mol. The van der Waals surface area contributed by atoms with Crippen LogP contribution < -0.4 is 0 Å². The molecule has 1 N–H and O–H groups in total. The van der Waals surface area contributed by atoms with Gasteiger partial charge in [0.05, 0.1) is 35.7 Å². The summed E-state index contributed by atoms with van der Waals surface area (Å²) in [4.78, 5) is 21.7. The van der Waals surface area contributed by atoms with E-state index in [0.717, 1.165) is 62.1 Å². The minimum absolute atomic E-state index is 0.0468. The van der Waals surface area contributed by atoms with Crippen LogP contribution in [-0.2, 0) is 9.47 Å². The molecule has 0 amide bonds. The number of morpholine rings is 1. The Balaban J connectivity index is 1.14. The minimum Gasteiger partial charge on any atom is -0.383 e. The van der Waals surface area contributed by atoms with Gasteiger partial charge in [-0.25, -0.2) is 9.97 Å². The van der Waals surface area contributed by atoms with Crippen molar-refractivity contribution in [1.29, 1.82) is 0 Å². The van der Waals surface area contributed by atoms with Crippen LogP contribution in [0.5, 0.6) is 0 Å². The first-order chi connectivity index (χ1) is 19.8. The maximum Gasteiger partial charge on any atom is 0.116 e. The molecule has 1 saturated carbocycles. The number of fused-ring (bicyclic) bond motifs is 2. The molecule has 2 atom stereocenters. The van der Waals surface area contributed by atoms with Gasteiger partial charge < -0.3 is 14.5 Å². The Morgan fingerprint density at radius 2 is 2.05 bits per heavy atom. The highest BCUT2D eigenvalue weighted by Crippen LogP contribution is 2.39. The summed E-state index contributed by atoms with van der Waals surface area (Å²) in [5.41, 5.74) is 3.49. The predicted octanol–water partition coefficient (Wildman–Crippen LogP) is 5.07. The third-order valence-electron chi connectivity index (χ3n) is 9.02. The topological polar surface area (TPSA) is 69.8 Å². The van der Waals surface area contributed by atoms with Gasteiger partial charge in [-0.05, 0) is 55.4 Å². The number of benzene rings is 1. The summed E-state index contributed by atoms with van der Waals surface area (Å²) in [6, 6.07) is 11.6. The van der Waals surface area contributed by atoms with Crippen LogP contribution in [0.4, 0.5) is 0 Å². The number of piperidine rings is 1. The van der Waals surface area contributed by atoms with Gasteiger partial charge in [-0.3, -0.25) is 14.7 Å². The Morgan fingerprint density at radius 3 is 2.88 bits per heavy atom. The normalized spacial score (nSPS) is 22.5. The van der Waals surface area contributed by atoms with Crippen LogP contribution >= 0.6 is 11.3 Å². The van der Waals surface area contributed by atoms with Crippen LogP contribution in [0.15, 0.2) is 49.1 Å². The van der Waals surface area contributed by atoms with E-state index in [2.05, 4.69) is 60.0 Å². The second-order valence-corrected chi connectivity index (χ2v) is 12.7. The average Bonchev–Trinajstić information content (AvgIpc) is 3.50. The van der Waals surface area contributed by atoms with E-state index in [-0.39, 0.29) is 12.3 Å². The lowest BCUT2D eigenvalue weighted by Crippen LogP contribution is -2.52. The molecule has 2 saturated heterocycles. The van der Waals surface area contributed by atoms with Gasteiger partial charge in [-0.15, -0.1) is 11.3 Å². The predicted molar refractivity (Wildman–Crippen MR) is 159 cm³/mol. The van der Waals surface area contributed by atoms with Crippen molar-refractivity contribution in [2.45, 2.75) is 44.0 Å². The SMILES string of the molecule is COCCN(CC1CC1)C1CCN(C(c2cc3ncncc3s2)N2CCOC(c3cccc4[nH]ccc34)C2)CC1. The lowest BCUT2D eigenvalue weighted by atomic mass is 10.0. The average molecular weight is 561 g/mol. The Kier molecular flexibility index (Phi) is 7.84. The molecular weight excluding hydrogens is 520 g/mol. The molecule has 0 bridgehead atoms. The third-order valence-corrected chi connectivity index (χ3v) is 10.1. The fourth-order valence-corrected chi connectivity index (χ4v) is 7.91. The van der Waals surface area contributed by atoms with Gasteiger partial charge in [-0.2, -0.15) is 0 Å². The molecule has 1 aliphatic carbocycles. The fraction of sp³-hybridized carbons (Fsp3) is 0.548. The molecule has 0 radical (unpaired) electrons. The van der Waals surface area contributed by atoms with Crippen molar-refractivity contribution in [3.05, 3.63) is 59.5 Å². The Bertz CT molecular complexity index is 1380. The Labute approximate surface area is 240 Å². The zero-order valence-corrected chi connectivity index (χ0v) is 24.2. The van der Waals surface area contributed by atoms with E-state index in [1.807, 2.05) is 30.8 Å². The number of rotatable bonds is 10. The minimum atomic E-state index is 0.0468. The zero-order chi connectivity index (χ0) is 26.9. The zero-order valence-electron chi connectivity index (χ0n) is 23.4. The van der Waals surface area contributed by atoms with Gasteiger partial charge in [0, 0.05) is 80.6 Å². The summed E-state index contributed by atoms with van der Waals surface area (Å²) < 4.78 is 13.1. The quantitative estimate of drug-likeness (QED) is 0.291. The van der Waals surface area contributed by atoms with Crippen molar-refractivity contribution < 1.29 is 9.47 Å². The molecular formula is C31H40N6O2S. The van der Waals surface area contributed by atoms with Crippen LogP contribution in [-0.4, -0.2) is 95.3 Å². The van der Waals surface area contributed by atoms with Gasteiger partial charge in [0.25, 0.3) is 0 Å². The number of ether oxygens (including phenoxy) is 2. The molecule has 5 heterocycles. The molecule has 212 valence electrons. The van der Waals surface area contributed by atoms with Crippen LogP contribution in [0, 0.1) is 5.92 Å². The first-order valence-corrected chi connectivity index (χ1v) is 15.7. The summed E-state index contributed by atoms with van der Waals surface area (Å²) in [5, 5.41) is 1.26. The third kappa shape index (κ3) is 5.55. The molecule has 1 aromatic carbocycles. The molecule has 8 nitrogen and oxygen atoms in total. The first kappa shape index (κ1) is 26.5. The molecule has 3 fully saturated rings. The fourth-order valence-electron chi connectivity index (χ4n) is 6.75. The Morgan fingerprint density at radius 1 is 1.15 bits per heavy atom. The maximum absolute atomic E-state index is 6.42. The summed E-state index contributed by atoms with van der Waals surface area (Å²) in [6.45, 7) is 7.82. The maximum atomic E-state index is 6.42. The van der Waals surface area contributed by atoms with E-state index < -0.39 is 0 Å². The number of H-pyrrole nitrogens is 1. The molecule has 9 heteroatoms. The number of hydrogen-bond acceptors (Lipinski definition) is 8. The van der Waals surface area contributed by atoms with Crippen LogP contribution in [0.3, 0.4) is 0 Å². The highest BCUT2D eigenvalue weighted by molar-refractivity contribution is 7.19. The number of thiophene rings is 1. The lowest BCUT2D eigenvalue weighted by molar-refractivity contribution is -0.0836. The number of aromatic nitrogens is 3. The molecule has 3 aromatic heterocycles. The van der Waals surface area contributed by atoms with Gasteiger partial charge in [-0.1, -0.05) is 12.1 Å². The second-order valence-electron chi connectivity index (χ2n) is 11.6. The van der Waals surface area contributed by atoms with Crippen molar-refractivity contribution in [2.24, 2.45) is 5.92 Å². The van der Waals surface area contributed by atoms with Crippen molar-refractivity contribution in [2.75, 3.05) is 59.6 Å². The number of likely N-dealkylation sites (tertiary alicyclic amines) is 1. The number of hydrogen-bond donors (Lipinski definition) is 1. The van der Waals surface area contributed by atoms with Crippen molar-refractivity contribution in [3.63, 3.8) is 0 Å². The van der Waals surface area contributed by atoms with Gasteiger partial charge in [0.1, 0.15) is 6.33 Å². The van der Waals surface area contributed by atoms with Crippen molar-refractivity contribution in [1.82, 2.24) is 29.7 Å². The van der Waals surface area contributed by atoms with E-state index in [1.54, 1.807) is 6.33 Å². The number of nitrogens with one attached hydrogen (secondary N) is 1. The van der Waals surface area contributed by atoms with Crippen LogP contribution in [0.1, 0.15) is 48.4 Å². The smallest absolute Gasteiger partial charge is 0.116 e. The molecule has 40 heavy (non-hydrogen) atoms. The standard InChI is InChI=1S/C31H40N6O2S/c1-38-15-13-36(19-22-5-6-22)23-8-11-35(12-9-23)31(29-17-27-30(40-29)18-32-21-34-27)37-14-16-39-28(20-37)25-3-2-4-26-24(25)7-10-33-26/h2-4,7,10,17-18,21-23,28,31,33H,5-6,8-9,11-16,19-20H2,1H3. The second kappa shape index (κ2) is 11.8. The Hall–Kier alpha value is -2.40. The molecule has 4 aromatic rings. The molecule has 0 spiro atoms. The molecule has 2 unspecified atom stereocenters. The van der Waals surface area contributed by atoms with Crippen LogP contribution in [0.2, 0.25) is 0 Å². The highest BCUT2D eigenvalue weighted by Gasteiger charge is 2.37. The first-order valence-electron chi connectivity index (χ1n) is 14.8. The molecule has 7 rings (SSSR count). The summed E-state index contributed by atoms with van der Waals surface area (Å²) in [5.74, 6) is 0.900. The molecule has 2 aliphatic heterocycles. The van der Waals surface area contributed by atoms with Gasteiger partial charge in [0.2, 0.25) is 0 Å². The summed E-state index contributed by atoms with van der Waals surface area (Å²) in [6.07, 6.45) is 11.1. The number of aromatic amines is 1. The summed E-state index contributed by atoms with van der Waals surface area (Å²) >= 11 is 1.85. The highest BCUT2D eigenvalue weighted by atomic mass is 32.1. The van der Waals surface area contributed by atoms with Crippen molar-refractivity contribution >= 4 is 32.5 Å². The van der Waals surface area contributed by atoms with E-state index >= 15 is 0 Å². The van der Waals surface area contributed by atoms with E-state index in [0.29, 0.717) is 6.04 Å². The summed E-state index contributed by atoms with van der Waals surface area (Å²) in [7, 11) is 1.82. The largest absolute Gasteiger partial charge is 0.383 e. The lowest BCUT2D eigenvalue weighted by Gasteiger charge is -2.46. The van der Waals surface area contributed by atoms with E-state index in [9.17, 15) is 0 Å². The van der Waals surface area contributed by atoms with Crippen molar-refractivity contribution in [3.8, 4) is 0 Å². The van der Waals surface area contributed by atoms with Crippen LogP contribution in [0.25, 0.3) is 21.1 Å².